The Hall–Kier alpha value is -2.01. The van der Waals surface area contributed by atoms with Crippen molar-refractivity contribution in [2.24, 2.45) is 0 Å². The molecule has 128 valence electrons. The van der Waals surface area contributed by atoms with E-state index in [-0.39, 0.29) is 11.3 Å². The molecule has 1 saturated carbocycles. The third kappa shape index (κ3) is 3.01. The molecule has 6 heteroatoms. The lowest BCUT2D eigenvalue weighted by Crippen LogP contribution is -2.29. The summed E-state index contributed by atoms with van der Waals surface area (Å²) in [5.74, 6) is 0.0577. The zero-order chi connectivity index (χ0) is 17.6. The van der Waals surface area contributed by atoms with Gasteiger partial charge in [-0.05, 0) is 42.7 Å². The van der Waals surface area contributed by atoms with Crippen LogP contribution in [0.4, 0.5) is 0 Å². The van der Waals surface area contributed by atoms with Gasteiger partial charge in [0.05, 0.1) is 0 Å². The first-order chi connectivity index (χ1) is 12.0. The lowest BCUT2D eigenvalue weighted by molar-refractivity contribution is 0.472. The fourth-order valence-electron chi connectivity index (χ4n) is 3.22. The molecular formula is C19H15Cl2NO3. The normalized spacial score (nSPS) is 15.4. The van der Waals surface area contributed by atoms with Crippen LogP contribution in [0.25, 0.3) is 11.0 Å². The van der Waals surface area contributed by atoms with Gasteiger partial charge in [-0.15, -0.1) is 0 Å². The maximum atomic E-state index is 11.8. The molecule has 2 aromatic carbocycles. The molecule has 0 saturated heterocycles. The quantitative estimate of drug-likeness (QED) is 0.654. The van der Waals surface area contributed by atoms with Crippen LogP contribution in [0.3, 0.4) is 0 Å². The number of hydrogen-bond acceptors (Lipinski definition) is 4. The SMILES string of the molecule is O=c1cc(CNC2(c3c(Cl)cccc3Cl)CC2)c2ccc(O)cc2o1. The van der Waals surface area contributed by atoms with Crippen molar-refractivity contribution in [3.8, 4) is 5.75 Å². The highest BCUT2D eigenvalue weighted by atomic mass is 35.5. The highest BCUT2D eigenvalue weighted by molar-refractivity contribution is 6.36. The fraction of sp³-hybridized carbons (Fsp3) is 0.211. The van der Waals surface area contributed by atoms with Crippen LogP contribution in [-0.4, -0.2) is 5.11 Å². The minimum Gasteiger partial charge on any atom is -0.508 e. The minimum atomic E-state index is -0.449. The number of rotatable bonds is 4. The predicted molar refractivity (Wildman–Crippen MR) is 98.4 cm³/mol. The number of fused-ring (bicyclic) bond motifs is 1. The van der Waals surface area contributed by atoms with Gasteiger partial charge in [0.2, 0.25) is 0 Å². The summed E-state index contributed by atoms with van der Waals surface area (Å²) in [6.07, 6.45) is 1.85. The van der Waals surface area contributed by atoms with E-state index >= 15 is 0 Å². The van der Waals surface area contributed by atoms with Crippen LogP contribution in [0.2, 0.25) is 10.0 Å². The van der Waals surface area contributed by atoms with Gasteiger partial charge in [-0.3, -0.25) is 0 Å². The zero-order valence-corrected chi connectivity index (χ0v) is 14.7. The van der Waals surface area contributed by atoms with Crippen LogP contribution in [0.5, 0.6) is 5.75 Å². The molecule has 0 amide bonds. The van der Waals surface area contributed by atoms with E-state index in [1.165, 1.54) is 12.1 Å². The van der Waals surface area contributed by atoms with Crippen molar-refractivity contribution < 1.29 is 9.52 Å². The maximum Gasteiger partial charge on any atom is 0.336 e. The molecule has 1 fully saturated rings. The minimum absolute atomic E-state index is 0.0577. The van der Waals surface area contributed by atoms with Gasteiger partial charge < -0.3 is 14.8 Å². The number of phenols is 1. The number of aromatic hydroxyl groups is 1. The van der Waals surface area contributed by atoms with E-state index in [1.807, 2.05) is 18.2 Å². The molecule has 1 aliphatic rings. The molecule has 0 atom stereocenters. The maximum absolute atomic E-state index is 11.8. The molecule has 4 rings (SSSR count). The lowest BCUT2D eigenvalue weighted by Gasteiger charge is -2.21. The summed E-state index contributed by atoms with van der Waals surface area (Å²) in [6, 6.07) is 11.7. The monoisotopic (exact) mass is 375 g/mol. The summed E-state index contributed by atoms with van der Waals surface area (Å²) < 4.78 is 5.17. The molecule has 2 N–H and O–H groups in total. The lowest BCUT2D eigenvalue weighted by atomic mass is 10.0. The summed E-state index contributed by atoms with van der Waals surface area (Å²) in [7, 11) is 0. The average Bonchev–Trinajstić information content (AvgIpc) is 3.32. The van der Waals surface area contributed by atoms with Crippen molar-refractivity contribution in [2.45, 2.75) is 24.9 Å². The van der Waals surface area contributed by atoms with Crippen molar-refractivity contribution in [3.63, 3.8) is 0 Å². The van der Waals surface area contributed by atoms with Gasteiger partial charge in [0.15, 0.2) is 0 Å². The van der Waals surface area contributed by atoms with E-state index in [9.17, 15) is 9.90 Å². The van der Waals surface area contributed by atoms with Crippen molar-refractivity contribution in [2.75, 3.05) is 0 Å². The Balaban J connectivity index is 1.68. The van der Waals surface area contributed by atoms with Gasteiger partial charge >= 0.3 is 5.63 Å². The van der Waals surface area contributed by atoms with Crippen molar-refractivity contribution in [3.05, 3.63) is 74.1 Å². The topological polar surface area (TPSA) is 62.5 Å². The van der Waals surface area contributed by atoms with Crippen LogP contribution in [0.1, 0.15) is 24.0 Å². The van der Waals surface area contributed by atoms with Gasteiger partial charge in [0.25, 0.3) is 0 Å². The first kappa shape index (κ1) is 16.5. The third-order valence-electron chi connectivity index (χ3n) is 4.62. The van der Waals surface area contributed by atoms with E-state index < -0.39 is 5.63 Å². The number of halogens is 2. The van der Waals surface area contributed by atoms with Gasteiger partial charge in [-0.1, -0.05) is 29.3 Å². The predicted octanol–water partition coefficient (Wildman–Crippen LogP) is 4.58. The van der Waals surface area contributed by atoms with E-state index in [4.69, 9.17) is 27.6 Å². The second kappa shape index (κ2) is 6.06. The summed E-state index contributed by atoms with van der Waals surface area (Å²) in [5.41, 5.74) is 1.36. The van der Waals surface area contributed by atoms with E-state index in [1.54, 1.807) is 12.1 Å². The van der Waals surface area contributed by atoms with Crippen molar-refractivity contribution in [1.29, 1.82) is 0 Å². The van der Waals surface area contributed by atoms with Crippen LogP contribution in [-0.2, 0) is 12.1 Å². The second-order valence-corrected chi connectivity index (χ2v) is 7.12. The van der Waals surface area contributed by atoms with Crippen LogP contribution in [0, 0.1) is 0 Å². The molecule has 0 spiro atoms. The standard InChI is InChI=1S/C19H15Cl2NO3/c20-14-2-1-3-15(21)18(14)19(6-7-19)22-10-11-8-17(24)25-16-9-12(23)4-5-13(11)16/h1-5,8-9,22-23H,6-7,10H2. The molecule has 4 nitrogen and oxygen atoms in total. The first-order valence-electron chi connectivity index (χ1n) is 7.94. The average molecular weight is 376 g/mol. The second-order valence-electron chi connectivity index (χ2n) is 6.30. The summed E-state index contributed by atoms with van der Waals surface area (Å²) in [4.78, 5) is 11.8. The third-order valence-corrected chi connectivity index (χ3v) is 5.25. The fourth-order valence-corrected chi connectivity index (χ4v) is 3.98. The number of nitrogens with one attached hydrogen (secondary N) is 1. The molecule has 1 aromatic heterocycles. The Kier molecular flexibility index (Phi) is 3.99. The number of phenolic OH excluding ortho intramolecular Hbond substituents is 1. The van der Waals surface area contributed by atoms with Gasteiger partial charge in [-0.2, -0.15) is 0 Å². The summed E-state index contributed by atoms with van der Waals surface area (Å²) in [5, 5.41) is 15.2. The van der Waals surface area contributed by atoms with Gasteiger partial charge in [0.1, 0.15) is 11.3 Å². The molecule has 25 heavy (non-hydrogen) atoms. The largest absolute Gasteiger partial charge is 0.508 e. The highest BCUT2D eigenvalue weighted by Gasteiger charge is 2.46. The molecule has 1 aliphatic carbocycles. The molecule has 0 aliphatic heterocycles. The molecule has 1 heterocycles. The summed E-state index contributed by atoms with van der Waals surface area (Å²) >= 11 is 12.7. The van der Waals surface area contributed by atoms with Crippen LogP contribution in [0.15, 0.2) is 51.7 Å². The van der Waals surface area contributed by atoms with E-state index in [0.717, 1.165) is 29.4 Å². The van der Waals surface area contributed by atoms with Crippen molar-refractivity contribution in [1.82, 2.24) is 5.32 Å². The smallest absolute Gasteiger partial charge is 0.336 e. The van der Waals surface area contributed by atoms with Crippen molar-refractivity contribution >= 4 is 34.2 Å². The number of hydrogen-bond donors (Lipinski definition) is 2. The first-order valence-corrected chi connectivity index (χ1v) is 8.69. The Bertz CT molecular complexity index is 1000. The number of benzene rings is 2. The molecule has 0 unspecified atom stereocenters. The molecule has 3 aromatic rings. The Labute approximate surface area is 154 Å². The van der Waals surface area contributed by atoms with Gasteiger partial charge in [0, 0.05) is 45.2 Å². The molecular weight excluding hydrogens is 361 g/mol. The van der Waals surface area contributed by atoms with E-state index in [2.05, 4.69) is 5.32 Å². The Morgan fingerprint density at radius 3 is 2.52 bits per heavy atom. The highest BCUT2D eigenvalue weighted by Crippen LogP contribution is 2.50. The van der Waals surface area contributed by atoms with Crippen LogP contribution >= 0.6 is 23.2 Å². The Morgan fingerprint density at radius 2 is 1.84 bits per heavy atom. The van der Waals surface area contributed by atoms with E-state index in [0.29, 0.717) is 22.2 Å². The Morgan fingerprint density at radius 1 is 1.12 bits per heavy atom. The van der Waals surface area contributed by atoms with Crippen LogP contribution < -0.4 is 10.9 Å². The molecule has 0 radical (unpaired) electrons. The zero-order valence-electron chi connectivity index (χ0n) is 13.2. The van der Waals surface area contributed by atoms with Gasteiger partial charge in [-0.25, -0.2) is 4.79 Å². The summed E-state index contributed by atoms with van der Waals surface area (Å²) in [6.45, 7) is 0.467. The molecule has 0 bridgehead atoms.